The minimum absolute atomic E-state index is 0.0605. The number of pyridine rings is 1. The van der Waals surface area contributed by atoms with Crippen molar-refractivity contribution in [2.75, 3.05) is 6.61 Å². The summed E-state index contributed by atoms with van der Waals surface area (Å²) in [7, 11) is -2.41. The molecule has 0 unspecified atom stereocenters. The van der Waals surface area contributed by atoms with Crippen LogP contribution in [0.5, 0.6) is 0 Å². The van der Waals surface area contributed by atoms with Crippen LogP contribution in [-0.4, -0.2) is 30.3 Å². The topological polar surface area (TPSA) is 68.5 Å². The molecular weight excluding hydrogens is 481 g/mol. The van der Waals surface area contributed by atoms with Crippen molar-refractivity contribution < 1.29 is 18.7 Å². The molecule has 0 aliphatic rings. The van der Waals surface area contributed by atoms with Crippen LogP contribution in [0.15, 0.2) is 27.6 Å². The van der Waals surface area contributed by atoms with Crippen LogP contribution >= 0.6 is 15.9 Å². The molecule has 0 spiro atoms. The van der Waals surface area contributed by atoms with E-state index in [1.54, 1.807) is 6.92 Å². The lowest BCUT2D eigenvalue weighted by Gasteiger charge is -2.37. The molecule has 1 heterocycles. The molecule has 0 aliphatic carbocycles. The molecule has 1 atom stereocenters. The van der Waals surface area contributed by atoms with Crippen LogP contribution in [0, 0.1) is 11.7 Å². The zero-order valence-corrected chi connectivity index (χ0v) is 22.0. The molecule has 172 valence electrons. The highest BCUT2D eigenvalue weighted by Crippen LogP contribution is 2.42. The summed E-state index contributed by atoms with van der Waals surface area (Å²) < 4.78 is 21.6. The molecule has 0 saturated heterocycles. The van der Waals surface area contributed by atoms with E-state index in [0.717, 1.165) is 6.42 Å². The number of esters is 1. The third kappa shape index (κ3) is 5.46. The smallest absolute Gasteiger partial charge is 0.343 e. The van der Waals surface area contributed by atoms with E-state index in [-0.39, 0.29) is 39.0 Å². The zero-order chi connectivity index (χ0) is 23.7. The van der Waals surface area contributed by atoms with Gasteiger partial charge in [-0.25, -0.2) is 9.18 Å². The third-order valence-electron chi connectivity index (χ3n) is 6.42. The maximum Gasteiger partial charge on any atom is 0.343 e. The Hall–Kier alpha value is -1.51. The van der Waals surface area contributed by atoms with E-state index in [0.29, 0.717) is 11.9 Å². The van der Waals surface area contributed by atoms with Gasteiger partial charge in [0.15, 0.2) is 8.32 Å². The van der Waals surface area contributed by atoms with Crippen LogP contribution in [0.2, 0.25) is 18.1 Å². The molecule has 31 heavy (non-hydrogen) atoms. The van der Waals surface area contributed by atoms with Crippen molar-refractivity contribution in [2.24, 2.45) is 5.92 Å². The second-order valence-electron chi connectivity index (χ2n) is 9.58. The summed E-state index contributed by atoms with van der Waals surface area (Å²) in [6.45, 7) is 14.0. The fourth-order valence-electron chi connectivity index (χ4n) is 3.58. The average molecular weight is 515 g/mol. The first-order valence-electron chi connectivity index (χ1n) is 10.6. The van der Waals surface area contributed by atoms with E-state index in [2.05, 4.69) is 43.6 Å². The van der Waals surface area contributed by atoms with Gasteiger partial charge in [0.05, 0.1) is 16.6 Å². The molecule has 1 aromatic carbocycles. The minimum atomic E-state index is -2.41. The summed E-state index contributed by atoms with van der Waals surface area (Å²) >= 11 is 3.15. The van der Waals surface area contributed by atoms with Gasteiger partial charge in [-0.3, -0.25) is 4.79 Å². The second kappa shape index (κ2) is 9.54. The maximum absolute atomic E-state index is 14.5. The van der Waals surface area contributed by atoms with Crippen molar-refractivity contribution in [3.8, 4) is 0 Å². The van der Waals surface area contributed by atoms with Gasteiger partial charge in [-0.15, -0.1) is 0 Å². The lowest BCUT2D eigenvalue weighted by molar-refractivity contribution is 0.0523. The van der Waals surface area contributed by atoms with Crippen molar-refractivity contribution in [3.05, 3.63) is 44.4 Å². The van der Waals surface area contributed by atoms with E-state index >= 15 is 0 Å². The summed E-state index contributed by atoms with van der Waals surface area (Å²) in [5.41, 5.74) is -0.0949. The normalized spacial score (nSPS) is 13.6. The van der Waals surface area contributed by atoms with Crippen molar-refractivity contribution in [1.29, 1.82) is 0 Å². The summed E-state index contributed by atoms with van der Waals surface area (Å²) in [6.07, 6.45) is 2.97. The summed E-state index contributed by atoms with van der Waals surface area (Å²) in [4.78, 5) is 36.2. The van der Waals surface area contributed by atoms with Gasteiger partial charge in [0.25, 0.3) is 0 Å². The van der Waals surface area contributed by atoms with Crippen LogP contribution in [0.25, 0.3) is 10.9 Å². The van der Waals surface area contributed by atoms with Gasteiger partial charge in [0.2, 0.25) is 5.43 Å². The van der Waals surface area contributed by atoms with Gasteiger partial charge in [-0.2, -0.15) is 0 Å². The van der Waals surface area contributed by atoms with Gasteiger partial charge in [-0.1, -0.05) is 27.7 Å². The highest BCUT2D eigenvalue weighted by Gasteiger charge is 2.38. The number of ether oxygens (including phenoxy) is 1. The second-order valence-corrected chi connectivity index (χ2v) is 14.9. The first-order chi connectivity index (χ1) is 14.2. The van der Waals surface area contributed by atoms with Gasteiger partial charge >= 0.3 is 5.97 Å². The molecule has 2 aromatic rings. The van der Waals surface area contributed by atoms with Gasteiger partial charge in [0, 0.05) is 17.6 Å². The summed E-state index contributed by atoms with van der Waals surface area (Å²) in [5.74, 6) is -1.02. The van der Waals surface area contributed by atoms with Crippen LogP contribution in [0.1, 0.15) is 63.9 Å². The molecule has 0 amide bonds. The Morgan fingerprint density at radius 3 is 2.45 bits per heavy atom. The highest BCUT2D eigenvalue weighted by atomic mass is 79.9. The first-order valence-corrected chi connectivity index (χ1v) is 14.4. The fourth-order valence-corrected chi connectivity index (χ4v) is 4.68. The van der Waals surface area contributed by atoms with Crippen molar-refractivity contribution in [2.45, 2.75) is 71.6 Å². The third-order valence-corrected chi connectivity index (χ3v) is 10.6. The van der Waals surface area contributed by atoms with Crippen LogP contribution in [0.3, 0.4) is 0 Å². The number of fused-ring (bicyclic) bond motifs is 1. The number of hydrogen-bond acceptors (Lipinski definition) is 4. The molecular formula is C23H33BrFNO4Si. The lowest BCUT2D eigenvalue weighted by Crippen LogP contribution is -2.39. The number of carbonyl (C=O) groups is 1. The first kappa shape index (κ1) is 25.7. The SMILES string of the molecule is CCOC(=O)c1cn([C@@H](CCC(C)(C)[Si](C)(C)O)C(C)C)c2cc(F)c(Br)cc2c1=O. The standard InChI is InChI=1S/C23H33BrFNO4Si/c1-8-30-22(28)16-13-26(20-12-18(25)17(24)11-15(20)21(16)27)19(14(2)3)9-10-23(4,5)31(6,7)29/h11-14,19,29H,8-10H2,1-7H3/t19-/m0/s1. The largest absolute Gasteiger partial charge is 0.462 e. The Balaban J connectivity index is 2.71. The molecule has 0 radical (unpaired) electrons. The molecule has 0 bridgehead atoms. The summed E-state index contributed by atoms with van der Waals surface area (Å²) in [5, 5.41) is 0.0355. The minimum Gasteiger partial charge on any atom is -0.462 e. The molecule has 5 nitrogen and oxygen atoms in total. The number of hydrogen-bond donors (Lipinski definition) is 1. The lowest BCUT2D eigenvalue weighted by atomic mass is 9.93. The van der Waals surface area contributed by atoms with E-state index in [1.807, 2.05) is 17.7 Å². The number of rotatable bonds is 8. The monoisotopic (exact) mass is 513 g/mol. The average Bonchev–Trinajstić information content (AvgIpc) is 2.64. The molecule has 0 saturated carbocycles. The fraction of sp³-hybridized carbons (Fsp3) is 0.565. The number of halogens is 2. The van der Waals surface area contributed by atoms with Crippen LogP contribution in [0.4, 0.5) is 4.39 Å². The zero-order valence-electron chi connectivity index (χ0n) is 19.4. The van der Waals surface area contributed by atoms with Gasteiger partial charge in [-0.05, 0) is 71.9 Å². The van der Waals surface area contributed by atoms with E-state index in [1.165, 1.54) is 18.3 Å². The summed E-state index contributed by atoms with van der Waals surface area (Å²) in [6, 6.07) is 2.66. The molecule has 8 heteroatoms. The molecule has 2 rings (SSSR count). The Morgan fingerprint density at radius 2 is 1.94 bits per heavy atom. The number of aromatic nitrogens is 1. The Morgan fingerprint density at radius 1 is 1.32 bits per heavy atom. The maximum atomic E-state index is 14.5. The molecule has 0 aliphatic heterocycles. The van der Waals surface area contributed by atoms with E-state index in [9.17, 15) is 18.8 Å². The van der Waals surface area contributed by atoms with Gasteiger partial charge < -0.3 is 14.1 Å². The Labute approximate surface area is 192 Å². The predicted molar refractivity (Wildman–Crippen MR) is 129 cm³/mol. The van der Waals surface area contributed by atoms with Crippen LogP contribution in [-0.2, 0) is 4.74 Å². The quantitative estimate of drug-likeness (QED) is 0.345. The number of benzene rings is 1. The van der Waals surface area contributed by atoms with Crippen molar-refractivity contribution >= 4 is 41.1 Å². The Bertz CT molecular complexity index is 1030. The van der Waals surface area contributed by atoms with Crippen molar-refractivity contribution in [3.63, 3.8) is 0 Å². The Kier molecular flexibility index (Phi) is 7.93. The number of carbonyl (C=O) groups excluding carboxylic acids is 1. The molecule has 1 N–H and O–H groups in total. The highest BCUT2D eigenvalue weighted by molar-refractivity contribution is 9.10. The molecule has 0 fully saturated rings. The van der Waals surface area contributed by atoms with E-state index < -0.39 is 25.5 Å². The van der Waals surface area contributed by atoms with E-state index in [4.69, 9.17) is 4.74 Å². The molecule has 1 aromatic heterocycles. The van der Waals surface area contributed by atoms with Crippen molar-refractivity contribution in [1.82, 2.24) is 4.57 Å². The number of nitrogens with zero attached hydrogens (tertiary/aromatic N) is 1. The van der Waals surface area contributed by atoms with Crippen LogP contribution < -0.4 is 5.43 Å². The predicted octanol–water partition coefficient (Wildman–Crippen LogP) is 6.03. The van der Waals surface area contributed by atoms with Gasteiger partial charge in [0.1, 0.15) is 11.4 Å².